The molecule has 1 amide bonds. The normalized spacial score (nSPS) is 14.3. The molecule has 0 aliphatic heterocycles. The molecule has 2 aromatic heterocycles. The molecule has 1 N–H and O–H groups in total. The van der Waals surface area contributed by atoms with Crippen LogP contribution < -0.4 is 10.2 Å². The molecule has 0 unspecified atom stereocenters. The van der Waals surface area contributed by atoms with E-state index in [-0.39, 0.29) is 11.9 Å². The van der Waals surface area contributed by atoms with Crippen molar-refractivity contribution in [1.82, 2.24) is 14.8 Å². The van der Waals surface area contributed by atoms with Gasteiger partial charge in [-0.3, -0.25) is 14.4 Å². The molecule has 1 aliphatic carbocycles. The zero-order valence-electron chi connectivity index (χ0n) is 12.6. The summed E-state index contributed by atoms with van der Waals surface area (Å²) in [6.45, 7) is 1.56. The molecule has 0 bridgehead atoms. The highest BCUT2D eigenvalue weighted by atomic mass is 32.1. The average molecular weight is 341 g/mol. The Morgan fingerprint density at radius 1 is 1.57 bits per heavy atom. The second-order valence-corrected chi connectivity index (χ2v) is 6.25. The van der Waals surface area contributed by atoms with E-state index in [1.54, 1.807) is 17.9 Å². The van der Waals surface area contributed by atoms with Gasteiger partial charge < -0.3 is 5.32 Å². The molecule has 0 saturated heterocycles. The van der Waals surface area contributed by atoms with Gasteiger partial charge in [-0.25, -0.2) is 13.8 Å². The number of hydrogen-bond donors (Lipinski definition) is 1. The number of alkyl halides is 2. The molecular formula is C14H17F2N5OS. The Labute approximate surface area is 136 Å². The fraction of sp³-hybridized carbons (Fsp3) is 0.500. The summed E-state index contributed by atoms with van der Waals surface area (Å²) in [5, 5.41) is 9.65. The quantitative estimate of drug-likeness (QED) is 0.841. The third-order valence-corrected chi connectivity index (χ3v) is 4.30. The van der Waals surface area contributed by atoms with E-state index in [0.29, 0.717) is 17.5 Å². The molecule has 6 nitrogen and oxygen atoms in total. The number of nitrogens with one attached hydrogen (secondary N) is 1. The second-order valence-electron chi connectivity index (χ2n) is 5.41. The predicted molar refractivity (Wildman–Crippen MR) is 83.9 cm³/mol. The Balaban J connectivity index is 1.58. The number of halogens is 2. The van der Waals surface area contributed by atoms with Crippen LogP contribution in [0.5, 0.6) is 0 Å². The fourth-order valence-electron chi connectivity index (χ4n) is 2.25. The summed E-state index contributed by atoms with van der Waals surface area (Å²) < 4.78 is 25.7. The van der Waals surface area contributed by atoms with Gasteiger partial charge in [0.25, 0.3) is 6.43 Å². The Morgan fingerprint density at radius 2 is 2.35 bits per heavy atom. The maximum Gasteiger partial charge on any atom is 0.257 e. The van der Waals surface area contributed by atoms with Gasteiger partial charge in [0.05, 0.1) is 12.2 Å². The van der Waals surface area contributed by atoms with E-state index in [1.165, 1.54) is 22.2 Å². The summed E-state index contributed by atoms with van der Waals surface area (Å²) in [4.78, 5) is 17.9. The Bertz CT molecular complexity index is 682. The van der Waals surface area contributed by atoms with Crippen molar-refractivity contribution in [2.75, 3.05) is 10.2 Å². The first-order chi connectivity index (χ1) is 11.0. The van der Waals surface area contributed by atoms with Gasteiger partial charge in [-0.05, 0) is 12.8 Å². The van der Waals surface area contributed by atoms with E-state index in [4.69, 9.17) is 0 Å². The summed E-state index contributed by atoms with van der Waals surface area (Å²) in [5.41, 5.74) is 0.792. The minimum Gasteiger partial charge on any atom is -0.363 e. The molecule has 1 fully saturated rings. The van der Waals surface area contributed by atoms with Crippen LogP contribution in [0, 0.1) is 0 Å². The predicted octanol–water partition coefficient (Wildman–Crippen LogP) is 2.73. The topological polar surface area (TPSA) is 63.1 Å². The molecule has 2 heterocycles. The Kier molecular flexibility index (Phi) is 4.56. The maximum atomic E-state index is 12.3. The highest BCUT2D eigenvalue weighted by Crippen LogP contribution is 2.33. The monoisotopic (exact) mass is 341 g/mol. The molecule has 0 spiro atoms. The van der Waals surface area contributed by atoms with Crippen molar-refractivity contribution in [3.05, 3.63) is 23.3 Å². The van der Waals surface area contributed by atoms with Gasteiger partial charge in [0.15, 0.2) is 5.13 Å². The van der Waals surface area contributed by atoms with Crippen LogP contribution in [0.25, 0.3) is 0 Å². The van der Waals surface area contributed by atoms with Gasteiger partial charge in [0.2, 0.25) is 5.91 Å². The van der Waals surface area contributed by atoms with E-state index < -0.39 is 13.0 Å². The third-order valence-electron chi connectivity index (χ3n) is 3.41. The van der Waals surface area contributed by atoms with E-state index in [1.807, 2.05) is 5.38 Å². The summed E-state index contributed by atoms with van der Waals surface area (Å²) in [6.07, 6.45) is 1.12. The van der Waals surface area contributed by atoms with Gasteiger partial charge in [0, 0.05) is 30.6 Å². The van der Waals surface area contributed by atoms with Gasteiger partial charge in [-0.2, -0.15) is 5.10 Å². The van der Waals surface area contributed by atoms with Gasteiger partial charge in [-0.1, -0.05) is 0 Å². The van der Waals surface area contributed by atoms with Crippen molar-refractivity contribution in [3.63, 3.8) is 0 Å². The molecule has 1 aliphatic rings. The first-order valence-electron chi connectivity index (χ1n) is 7.32. The molecule has 0 radical (unpaired) electrons. The van der Waals surface area contributed by atoms with Crippen molar-refractivity contribution in [2.45, 2.75) is 45.3 Å². The van der Waals surface area contributed by atoms with Crippen LogP contribution in [0.15, 0.2) is 17.6 Å². The summed E-state index contributed by atoms with van der Waals surface area (Å²) in [5.74, 6) is 0.526. The summed E-state index contributed by atoms with van der Waals surface area (Å²) in [7, 11) is 0. The lowest BCUT2D eigenvalue weighted by atomic mass is 10.4. The van der Waals surface area contributed by atoms with Crippen LogP contribution in [0.2, 0.25) is 0 Å². The van der Waals surface area contributed by atoms with E-state index >= 15 is 0 Å². The third kappa shape index (κ3) is 4.04. The lowest BCUT2D eigenvalue weighted by Gasteiger charge is -2.16. The smallest absolute Gasteiger partial charge is 0.257 e. The second kappa shape index (κ2) is 6.61. The lowest BCUT2D eigenvalue weighted by Crippen LogP contribution is -2.30. The molecule has 2 aromatic rings. The van der Waals surface area contributed by atoms with E-state index in [9.17, 15) is 13.6 Å². The van der Waals surface area contributed by atoms with Gasteiger partial charge >= 0.3 is 0 Å². The fourth-order valence-corrected chi connectivity index (χ4v) is 3.19. The Morgan fingerprint density at radius 3 is 3.00 bits per heavy atom. The highest BCUT2D eigenvalue weighted by molar-refractivity contribution is 7.14. The number of rotatable bonds is 7. The highest BCUT2D eigenvalue weighted by Gasteiger charge is 2.33. The van der Waals surface area contributed by atoms with Crippen LogP contribution >= 0.6 is 11.3 Å². The van der Waals surface area contributed by atoms with Crippen LogP contribution in [0.1, 0.15) is 25.5 Å². The lowest BCUT2D eigenvalue weighted by molar-refractivity contribution is -0.116. The number of amides is 1. The molecular weight excluding hydrogens is 324 g/mol. The number of carbonyl (C=O) groups is 1. The molecule has 0 aromatic carbocycles. The number of anilines is 2. The van der Waals surface area contributed by atoms with Gasteiger partial charge in [-0.15, -0.1) is 11.3 Å². The van der Waals surface area contributed by atoms with Crippen LogP contribution in [0.3, 0.4) is 0 Å². The first-order valence-corrected chi connectivity index (χ1v) is 8.20. The van der Waals surface area contributed by atoms with Gasteiger partial charge in [0.1, 0.15) is 12.4 Å². The SMILES string of the molecule is CC(=O)N(c1nc(CNc2ccn(CC(F)F)n2)cs1)C1CC1. The largest absolute Gasteiger partial charge is 0.363 e. The molecule has 1 saturated carbocycles. The summed E-state index contributed by atoms with van der Waals surface area (Å²) in [6, 6.07) is 1.92. The van der Waals surface area contributed by atoms with Crippen LogP contribution in [0.4, 0.5) is 19.7 Å². The minimum atomic E-state index is -2.43. The standard InChI is InChI=1S/C14H17F2N5OS/c1-9(22)21(11-2-3-11)14-18-10(8-23-14)6-17-13-4-5-20(19-13)7-12(15)16/h4-5,8,11-12H,2-3,6-7H2,1H3,(H,17,19). The molecule has 9 heteroatoms. The number of nitrogens with zero attached hydrogens (tertiary/aromatic N) is 4. The Hall–Kier alpha value is -2.03. The molecule has 0 atom stereocenters. The number of hydrogen-bond acceptors (Lipinski definition) is 5. The molecule has 23 heavy (non-hydrogen) atoms. The van der Waals surface area contributed by atoms with Crippen LogP contribution in [-0.2, 0) is 17.9 Å². The number of thiazole rings is 1. The first kappa shape index (κ1) is 15.9. The minimum absolute atomic E-state index is 0.00658. The maximum absolute atomic E-state index is 12.3. The van der Waals surface area contributed by atoms with Crippen molar-refractivity contribution in [1.29, 1.82) is 0 Å². The van der Waals surface area contributed by atoms with Crippen molar-refractivity contribution in [3.8, 4) is 0 Å². The number of aromatic nitrogens is 3. The average Bonchev–Trinajstić information content (AvgIpc) is 3.02. The summed E-state index contributed by atoms with van der Waals surface area (Å²) >= 11 is 1.43. The van der Waals surface area contributed by atoms with Crippen molar-refractivity contribution < 1.29 is 13.6 Å². The molecule has 124 valence electrons. The zero-order valence-corrected chi connectivity index (χ0v) is 13.4. The van der Waals surface area contributed by atoms with Crippen LogP contribution in [-0.4, -0.2) is 33.1 Å². The number of carbonyl (C=O) groups excluding carboxylic acids is 1. The van der Waals surface area contributed by atoms with Crippen molar-refractivity contribution >= 4 is 28.2 Å². The zero-order chi connectivity index (χ0) is 16.4. The van der Waals surface area contributed by atoms with Crippen molar-refractivity contribution in [2.24, 2.45) is 0 Å². The van der Waals surface area contributed by atoms with E-state index in [2.05, 4.69) is 15.4 Å². The van der Waals surface area contributed by atoms with E-state index in [0.717, 1.165) is 18.5 Å². The molecule has 3 rings (SSSR count).